The van der Waals surface area contributed by atoms with Gasteiger partial charge in [0.15, 0.2) is 24.8 Å². The summed E-state index contributed by atoms with van der Waals surface area (Å²) < 4.78 is 104. The van der Waals surface area contributed by atoms with E-state index in [0.29, 0.717) is 22.9 Å². The van der Waals surface area contributed by atoms with E-state index in [1.54, 1.807) is 25.3 Å². The Morgan fingerprint density at radius 3 is 0.981 bits per heavy atom. The molecule has 0 fully saturated rings. The molecule has 16 aromatic rings. The Balaban J connectivity index is 0.000000136. The average Bonchev–Trinajstić information content (AvgIpc) is 1.59. The van der Waals surface area contributed by atoms with Crippen molar-refractivity contribution < 1.29 is 48.9 Å². The molecule has 20 nitrogen and oxygen atoms in total. The molecule has 20 heteroatoms. The Morgan fingerprint density at radius 2 is 0.583 bits per heavy atom. The van der Waals surface area contributed by atoms with Crippen LogP contribution in [0.3, 0.4) is 0 Å². The lowest BCUT2D eigenvalue weighted by molar-refractivity contribution is -0.685. The number of fused-ring (bicyclic) bond motifs is 4. The zero-order chi connectivity index (χ0) is 85.3. The van der Waals surface area contributed by atoms with Crippen LogP contribution in [0.2, 0.25) is 0 Å². The Kier molecular flexibility index (Phi) is 16.7. The fourth-order valence-electron chi connectivity index (χ4n) is 15.9. The standard InChI is InChI=1S/4C22H27N5/c1-14-11-12-18(24(5)13-14)19-9-8-10-20(25(19)6)21-17(4)27-16(3)15(2)23-22(27)26(21)7;2*1-14-11-12-24(5)20(13-14)18-9-8-10-19(25(18)6)21-17(4)27-16(3)15(2)23-22(27)26(21)7;1-14-12-19(18-10-8-9-11-24(18)5)25(6)20(13-14)21-17(4)27-16(3)15(2)23-22(27)26(21)7/h4*8-13H,1-7H3/q4*+2/i;1D3,2D3;;2D3. The van der Waals surface area contributed by atoms with Crippen LogP contribution in [0, 0.1) is 111 Å². The van der Waals surface area contributed by atoms with E-state index < -0.39 is 20.6 Å². The number of hydrogen-bond acceptors (Lipinski definition) is 4. The van der Waals surface area contributed by atoms with Crippen molar-refractivity contribution in [2.75, 3.05) is 0 Å². The molecule has 108 heavy (non-hydrogen) atoms. The number of imidazole rings is 8. The van der Waals surface area contributed by atoms with E-state index in [9.17, 15) is 0 Å². The van der Waals surface area contributed by atoms with Crippen molar-refractivity contribution >= 4 is 23.1 Å². The van der Waals surface area contributed by atoms with Gasteiger partial charge in [-0.15, -0.1) is 0 Å². The van der Waals surface area contributed by atoms with Gasteiger partial charge in [-0.25, -0.2) is 19.9 Å². The predicted octanol–water partition coefficient (Wildman–Crippen LogP) is 11.6. The second-order valence-electron chi connectivity index (χ2n) is 29.1. The van der Waals surface area contributed by atoms with Crippen molar-refractivity contribution in [3.8, 4) is 91.1 Å². The van der Waals surface area contributed by atoms with Crippen LogP contribution in [0.4, 0.5) is 0 Å². The molecule has 0 aromatic carbocycles. The highest BCUT2D eigenvalue weighted by Gasteiger charge is 2.34. The molecule has 0 aliphatic heterocycles. The first-order valence-electron chi connectivity index (χ1n) is 40.9. The molecular weight excluding hydrogens is 1340 g/mol. The summed E-state index contributed by atoms with van der Waals surface area (Å²) in [5.41, 5.74) is 31.5. The quantitative estimate of drug-likeness (QED) is 0.141. The zero-order valence-electron chi connectivity index (χ0n) is 76.3. The minimum atomic E-state index is -2.28. The third-order valence-corrected chi connectivity index (χ3v) is 22.0. The van der Waals surface area contributed by atoms with Gasteiger partial charge in [-0.05, 0) is 158 Å². The summed E-state index contributed by atoms with van der Waals surface area (Å²) in [6.07, 6.45) is 8.07. The molecule has 0 saturated heterocycles. The van der Waals surface area contributed by atoms with Crippen molar-refractivity contribution in [1.82, 2.24) is 55.8 Å². The van der Waals surface area contributed by atoms with Crippen LogP contribution < -0.4 is 36.5 Å². The van der Waals surface area contributed by atoms with Crippen LogP contribution in [-0.2, 0) is 84.6 Å². The topological polar surface area (TPSA) is 120 Å². The minimum absolute atomic E-state index is 0.106. The van der Waals surface area contributed by atoms with E-state index in [-0.39, 0.29) is 17.0 Å². The third-order valence-electron chi connectivity index (χ3n) is 22.0. The van der Waals surface area contributed by atoms with Crippen molar-refractivity contribution in [2.45, 2.75) is 111 Å². The van der Waals surface area contributed by atoms with E-state index in [0.717, 1.165) is 85.4 Å². The third kappa shape index (κ3) is 12.5. The van der Waals surface area contributed by atoms with Crippen LogP contribution in [0.5, 0.6) is 0 Å². The number of pyridine rings is 8. The summed E-state index contributed by atoms with van der Waals surface area (Å²) in [7, 11) is 24.4. The van der Waals surface area contributed by atoms with Crippen molar-refractivity contribution in [3.05, 3.63) is 237 Å². The fraction of sp³-hybridized carbons (Fsp3) is 0.318. The highest BCUT2D eigenvalue weighted by atomic mass is 15.3. The maximum absolute atomic E-state index is 7.79. The Hall–Kier alpha value is -11.8. The van der Waals surface area contributed by atoms with E-state index in [2.05, 4.69) is 258 Å². The van der Waals surface area contributed by atoms with E-state index in [4.69, 9.17) is 22.3 Å². The maximum atomic E-state index is 7.79. The molecule has 0 N–H and O–H groups in total. The molecule has 16 heterocycles. The molecule has 16 aromatic heterocycles. The lowest BCUT2D eigenvalue weighted by Crippen LogP contribution is -2.40. The molecule has 0 radical (unpaired) electrons. The first kappa shape index (κ1) is 63.5. The van der Waals surface area contributed by atoms with Gasteiger partial charge in [-0.1, -0.05) is 0 Å². The van der Waals surface area contributed by atoms with E-state index in [1.165, 1.54) is 79.5 Å². The number of rotatable bonds is 8. The van der Waals surface area contributed by atoms with Gasteiger partial charge >= 0.3 is 0 Å². The van der Waals surface area contributed by atoms with Gasteiger partial charge in [-0.2, -0.15) is 36.5 Å². The van der Waals surface area contributed by atoms with Gasteiger partial charge in [0.05, 0.1) is 45.6 Å². The first-order valence-corrected chi connectivity index (χ1v) is 36.4. The van der Waals surface area contributed by atoms with Crippen molar-refractivity contribution in [3.63, 3.8) is 0 Å². The second-order valence-corrected chi connectivity index (χ2v) is 29.1. The molecular formula is C88H108N20+8. The molecule has 0 amide bonds. The van der Waals surface area contributed by atoms with Crippen LogP contribution in [0.15, 0.2) is 146 Å². The normalized spacial score (nSPS) is 13.1. The van der Waals surface area contributed by atoms with Gasteiger partial charge in [0, 0.05) is 160 Å². The summed E-state index contributed by atoms with van der Waals surface area (Å²) in [5.74, 6) is 3.18. The first-order chi connectivity index (χ1) is 54.9. The summed E-state index contributed by atoms with van der Waals surface area (Å²) in [6.45, 7) is 20.0. The summed E-state index contributed by atoms with van der Waals surface area (Å²) in [5, 5.41) is 0. The number of aryl methyl sites for hydroxylation is 24. The van der Waals surface area contributed by atoms with Crippen molar-refractivity contribution in [2.24, 2.45) is 84.6 Å². The smallest absolute Gasteiger partial charge is 0.277 e. The second kappa shape index (κ2) is 28.5. The molecule has 0 aliphatic carbocycles. The van der Waals surface area contributed by atoms with Gasteiger partial charge in [-0.3, -0.25) is 17.6 Å². The number of nitrogens with zero attached hydrogens (tertiary/aromatic N) is 20. The molecule has 0 atom stereocenters. The molecule has 0 spiro atoms. The molecule has 16 rings (SSSR count). The zero-order valence-corrected chi connectivity index (χ0v) is 67.3. The summed E-state index contributed by atoms with van der Waals surface area (Å²) in [4.78, 5) is 18.5. The van der Waals surface area contributed by atoms with E-state index >= 15 is 0 Å². The summed E-state index contributed by atoms with van der Waals surface area (Å²) in [6, 6.07) is 41.4. The predicted molar refractivity (Wildman–Crippen MR) is 425 cm³/mol. The largest absolute Gasteiger partial charge is 0.308 e. The molecule has 0 bridgehead atoms. The van der Waals surface area contributed by atoms with Gasteiger partial charge in [0.2, 0.25) is 45.9 Å². The van der Waals surface area contributed by atoms with Gasteiger partial charge in [0.25, 0.3) is 45.6 Å². The highest BCUT2D eigenvalue weighted by molar-refractivity contribution is 5.68. The van der Waals surface area contributed by atoms with Crippen LogP contribution >= 0.6 is 0 Å². The minimum Gasteiger partial charge on any atom is -0.308 e. The van der Waals surface area contributed by atoms with E-state index in [1.807, 2.05) is 120 Å². The van der Waals surface area contributed by atoms with Crippen LogP contribution in [0.25, 0.3) is 114 Å². The Labute approximate surface area is 647 Å². The van der Waals surface area contributed by atoms with Crippen LogP contribution in [-0.4, -0.2) is 55.8 Å². The fourth-order valence-corrected chi connectivity index (χ4v) is 15.9. The maximum Gasteiger partial charge on any atom is 0.277 e. The SMILES string of the molecule is Cc1cc[n+](C)c(-c2cccc(-c3c(C)n4c(C)c(C)nc4n3C)[n+]2C)c1.Cc1ccc(-c2cccc(-c3c(C)n4c(C)c(C)nc4n3C)[n+]2C)[n+](C)c1.[2H]C([2H])([2H])c1cc[n+](C)c(-c2cccc(-c3c(C)n4c(C)c(C([2H])([2H])[2H])nc4n3C)[n+]2C)c1.[2H]C([2H])([2H])c1nc2n(C)c(-c3cc(C)cc(-c4cccc[n+]4C)[n+]3C)c(C)n2c1C. The van der Waals surface area contributed by atoms with Gasteiger partial charge < -0.3 is 18.3 Å². The number of aromatic nitrogens is 20. The van der Waals surface area contributed by atoms with Crippen molar-refractivity contribution in [1.29, 1.82) is 0 Å². The molecule has 552 valence electrons. The molecule has 0 unspecified atom stereocenters. The summed E-state index contributed by atoms with van der Waals surface area (Å²) >= 11 is 0. The average molecular weight is 1460 g/mol. The van der Waals surface area contributed by atoms with Crippen LogP contribution in [0.1, 0.15) is 103 Å². The number of hydrogen-bond donors (Lipinski definition) is 0. The monoisotopic (exact) mass is 1450 g/mol. The lowest BCUT2D eigenvalue weighted by atomic mass is 10.1. The lowest BCUT2D eigenvalue weighted by Gasteiger charge is -2.08. The molecule has 0 saturated carbocycles. The molecule has 0 aliphatic rings. The van der Waals surface area contributed by atoms with Gasteiger partial charge in [0.1, 0.15) is 79.2 Å². The Morgan fingerprint density at radius 1 is 0.259 bits per heavy atom. The highest BCUT2D eigenvalue weighted by Crippen LogP contribution is 2.33. The Bertz CT molecular complexity index is 6670.